The third-order valence-electron chi connectivity index (χ3n) is 12.5. The van der Waals surface area contributed by atoms with E-state index in [4.69, 9.17) is 19.7 Å². The Morgan fingerprint density at radius 2 is 1.33 bits per heavy atom. The number of rotatable bonds is 8. The number of allylic oxidation sites excluding steroid dienone is 4. The zero-order valence-corrected chi connectivity index (χ0v) is 33.0. The van der Waals surface area contributed by atoms with Gasteiger partial charge in [-0.25, -0.2) is 15.0 Å². The minimum atomic E-state index is -0.0313. The maximum absolute atomic E-state index is 6.38. The van der Waals surface area contributed by atoms with Gasteiger partial charge in [0.2, 0.25) is 0 Å². The number of aryl methyl sites for hydroxylation is 1. The molecule has 6 aromatic carbocycles. The molecule has 278 valence electrons. The summed E-state index contributed by atoms with van der Waals surface area (Å²) in [6.07, 6.45) is 6.94. The summed E-state index contributed by atoms with van der Waals surface area (Å²) in [6.45, 7) is 9.22. The van der Waals surface area contributed by atoms with Crippen LogP contribution in [0.15, 0.2) is 157 Å². The predicted octanol–water partition coefficient (Wildman–Crippen LogP) is 13.1. The summed E-state index contributed by atoms with van der Waals surface area (Å²) in [5, 5.41) is 0. The minimum absolute atomic E-state index is 0.0313. The number of para-hydroxylation sites is 1. The molecule has 0 bridgehead atoms. The van der Waals surface area contributed by atoms with E-state index < -0.39 is 0 Å². The monoisotopic (exact) mass is 739 g/mol. The normalized spacial score (nSPS) is 16.4. The summed E-state index contributed by atoms with van der Waals surface area (Å²) in [4.78, 5) is 15.7. The van der Waals surface area contributed by atoms with Crippen LogP contribution >= 0.6 is 0 Å². The lowest BCUT2D eigenvalue weighted by Gasteiger charge is -2.23. The van der Waals surface area contributed by atoms with Gasteiger partial charge in [-0.15, -0.1) is 0 Å². The second-order valence-electron chi connectivity index (χ2n) is 16.3. The zero-order chi connectivity index (χ0) is 38.7. The molecule has 4 heteroatoms. The van der Waals surface area contributed by atoms with E-state index in [1.165, 1.54) is 55.6 Å². The first-order chi connectivity index (χ1) is 27.9. The second kappa shape index (κ2) is 14.0. The number of nitrogens with zero attached hydrogens (tertiary/aromatic N) is 3. The smallest absolute Gasteiger partial charge is 0.163 e. The average Bonchev–Trinajstić information content (AvgIpc) is 3.74. The molecule has 3 aliphatic rings. The summed E-state index contributed by atoms with van der Waals surface area (Å²) in [7, 11) is 0. The van der Waals surface area contributed by atoms with E-state index in [0.29, 0.717) is 11.6 Å². The van der Waals surface area contributed by atoms with E-state index in [0.717, 1.165) is 53.3 Å². The van der Waals surface area contributed by atoms with Gasteiger partial charge in [-0.1, -0.05) is 154 Å². The molecule has 4 nitrogen and oxygen atoms in total. The number of ether oxygens (including phenoxy) is 1. The van der Waals surface area contributed by atoms with Crippen LogP contribution in [-0.4, -0.2) is 15.0 Å². The Morgan fingerprint density at radius 3 is 2.16 bits per heavy atom. The van der Waals surface area contributed by atoms with Gasteiger partial charge in [0.15, 0.2) is 11.6 Å². The van der Waals surface area contributed by atoms with Gasteiger partial charge in [0.1, 0.15) is 17.3 Å². The van der Waals surface area contributed by atoms with Crippen LogP contribution in [0.1, 0.15) is 84.9 Å². The fourth-order valence-corrected chi connectivity index (χ4v) is 9.27. The molecule has 0 saturated heterocycles. The molecule has 2 aliphatic carbocycles. The molecule has 0 amide bonds. The summed E-state index contributed by atoms with van der Waals surface area (Å²) >= 11 is 0. The molecule has 0 saturated carbocycles. The number of benzene rings is 6. The first kappa shape index (κ1) is 35.1. The molecule has 57 heavy (non-hydrogen) atoms. The van der Waals surface area contributed by atoms with Gasteiger partial charge in [-0.05, 0) is 100 Å². The molecule has 2 heterocycles. The lowest BCUT2D eigenvalue weighted by atomic mass is 9.81. The maximum atomic E-state index is 6.38. The molecule has 0 spiro atoms. The third-order valence-corrected chi connectivity index (χ3v) is 12.5. The molecule has 0 N–H and O–H groups in total. The second-order valence-corrected chi connectivity index (χ2v) is 16.3. The van der Waals surface area contributed by atoms with Gasteiger partial charge in [0.25, 0.3) is 0 Å². The lowest BCUT2D eigenvalue weighted by Crippen LogP contribution is -2.15. The van der Waals surface area contributed by atoms with Gasteiger partial charge in [-0.3, -0.25) is 0 Å². The lowest BCUT2D eigenvalue weighted by molar-refractivity contribution is 0.426. The van der Waals surface area contributed by atoms with Crippen molar-refractivity contribution in [3.05, 3.63) is 197 Å². The van der Waals surface area contributed by atoms with E-state index in [1.54, 1.807) is 0 Å². The van der Waals surface area contributed by atoms with Gasteiger partial charge < -0.3 is 4.74 Å². The summed E-state index contributed by atoms with van der Waals surface area (Å²) in [5.41, 5.74) is 16.1. The Morgan fingerprint density at radius 1 is 0.649 bits per heavy atom. The van der Waals surface area contributed by atoms with Gasteiger partial charge in [-0.2, -0.15) is 0 Å². The molecular formula is C53H45N3O. The van der Waals surface area contributed by atoms with E-state index in [1.807, 2.05) is 12.1 Å². The standard InChI is InChI=1S/C53H45N3O/c1-5-34(30-38-17-9-10-18-40(38)44-32-45-41-19-11-13-21-46(41)53(3,4)47(45)29-33(44)2)50-54-51(37-25-23-36(24-26-37)35-15-7-6-8-16-35)56-52(55-50)39-27-28-43-42-20-12-14-22-48(42)57-49(43)31-39/h6-27,29,31-32,34,43H,5,28,30H2,1-4H3. The predicted molar refractivity (Wildman–Crippen MR) is 232 cm³/mol. The molecule has 0 radical (unpaired) electrons. The van der Waals surface area contributed by atoms with E-state index in [-0.39, 0.29) is 17.3 Å². The molecular weight excluding hydrogens is 695 g/mol. The number of aromatic nitrogens is 3. The van der Waals surface area contributed by atoms with Crippen molar-refractivity contribution in [3.8, 4) is 50.5 Å². The Bertz CT molecular complexity index is 2740. The molecule has 2 atom stereocenters. The molecule has 1 aromatic heterocycles. The highest BCUT2D eigenvalue weighted by Crippen LogP contribution is 2.51. The number of fused-ring (bicyclic) bond motifs is 6. The first-order valence-electron chi connectivity index (χ1n) is 20.3. The average molecular weight is 740 g/mol. The van der Waals surface area contributed by atoms with Crippen LogP contribution < -0.4 is 4.74 Å². The molecule has 10 rings (SSSR count). The van der Waals surface area contributed by atoms with Crippen molar-refractivity contribution in [2.75, 3.05) is 0 Å². The largest absolute Gasteiger partial charge is 0.461 e. The summed E-state index contributed by atoms with van der Waals surface area (Å²) < 4.78 is 6.38. The molecule has 1 aliphatic heterocycles. The first-order valence-corrected chi connectivity index (χ1v) is 20.3. The number of hydrogen-bond donors (Lipinski definition) is 0. The highest BCUT2D eigenvalue weighted by atomic mass is 16.5. The van der Waals surface area contributed by atoms with Crippen LogP contribution in [0.3, 0.4) is 0 Å². The SMILES string of the molecule is CCC(Cc1ccccc1-c1cc2c(cc1C)C(C)(C)c1ccccc1-2)c1nc(C2=CCC3C(=C2)Oc2ccccc23)nc(-c2ccc(-c3ccccc3)cc2)n1. The van der Waals surface area contributed by atoms with Crippen LogP contribution in [0.2, 0.25) is 0 Å². The van der Waals surface area contributed by atoms with Crippen molar-refractivity contribution in [3.63, 3.8) is 0 Å². The van der Waals surface area contributed by atoms with Gasteiger partial charge in [0, 0.05) is 34.0 Å². The zero-order valence-electron chi connectivity index (χ0n) is 33.0. The summed E-state index contributed by atoms with van der Waals surface area (Å²) in [6, 6.07) is 50.1. The van der Waals surface area contributed by atoms with Crippen molar-refractivity contribution in [1.82, 2.24) is 15.0 Å². The Labute approximate surface area is 335 Å². The highest BCUT2D eigenvalue weighted by Gasteiger charge is 2.36. The topological polar surface area (TPSA) is 47.9 Å². The van der Waals surface area contributed by atoms with Crippen molar-refractivity contribution in [1.29, 1.82) is 0 Å². The highest BCUT2D eigenvalue weighted by molar-refractivity contribution is 5.86. The molecule has 0 fully saturated rings. The van der Waals surface area contributed by atoms with Crippen LogP contribution in [0, 0.1) is 6.92 Å². The van der Waals surface area contributed by atoms with Crippen molar-refractivity contribution >= 4 is 5.57 Å². The van der Waals surface area contributed by atoms with Gasteiger partial charge in [0.05, 0.1) is 0 Å². The van der Waals surface area contributed by atoms with Crippen LogP contribution in [-0.2, 0) is 11.8 Å². The Hall–Kier alpha value is -6.39. The van der Waals surface area contributed by atoms with E-state index in [9.17, 15) is 0 Å². The van der Waals surface area contributed by atoms with Gasteiger partial charge >= 0.3 is 0 Å². The van der Waals surface area contributed by atoms with Crippen LogP contribution in [0.25, 0.3) is 50.3 Å². The Kier molecular flexibility index (Phi) is 8.59. The maximum Gasteiger partial charge on any atom is 0.163 e. The van der Waals surface area contributed by atoms with E-state index in [2.05, 4.69) is 167 Å². The van der Waals surface area contributed by atoms with Crippen LogP contribution in [0.5, 0.6) is 5.75 Å². The van der Waals surface area contributed by atoms with E-state index >= 15 is 0 Å². The third kappa shape index (κ3) is 6.11. The summed E-state index contributed by atoms with van der Waals surface area (Å²) in [5.74, 6) is 4.39. The molecule has 2 unspecified atom stereocenters. The van der Waals surface area contributed by atoms with Crippen LogP contribution in [0.4, 0.5) is 0 Å². The van der Waals surface area contributed by atoms with Crippen molar-refractivity contribution in [2.24, 2.45) is 0 Å². The number of hydrogen-bond acceptors (Lipinski definition) is 4. The fraction of sp³-hybridized carbons (Fsp3) is 0.189. The quantitative estimate of drug-likeness (QED) is 0.156. The van der Waals surface area contributed by atoms with Crippen molar-refractivity contribution in [2.45, 2.75) is 64.2 Å². The minimum Gasteiger partial charge on any atom is -0.461 e. The fourth-order valence-electron chi connectivity index (χ4n) is 9.27. The molecule has 7 aromatic rings. The van der Waals surface area contributed by atoms with Crippen molar-refractivity contribution < 1.29 is 4.74 Å². The Balaban J connectivity index is 1.04.